The Balaban J connectivity index is 1.54. The van der Waals surface area contributed by atoms with E-state index in [0.717, 1.165) is 5.56 Å². The first-order valence-corrected chi connectivity index (χ1v) is 10.7. The molecule has 2 amide bonds. The number of nitrogens with one attached hydrogen (secondary N) is 1. The lowest BCUT2D eigenvalue weighted by molar-refractivity contribution is -0.124. The van der Waals surface area contributed by atoms with E-state index in [-0.39, 0.29) is 24.1 Å². The maximum Gasteiger partial charge on any atom is 0.256 e. The second-order valence-electron chi connectivity index (χ2n) is 7.50. The van der Waals surface area contributed by atoms with Crippen LogP contribution in [0.5, 0.6) is 0 Å². The molecule has 162 valence electrons. The molecule has 1 atom stereocenters. The van der Waals surface area contributed by atoms with Gasteiger partial charge >= 0.3 is 0 Å². The van der Waals surface area contributed by atoms with Crippen molar-refractivity contribution >= 4 is 40.5 Å². The van der Waals surface area contributed by atoms with E-state index < -0.39 is 6.04 Å². The molecule has 4 rings (SSSR count). The molecule has 5 nitrogen and oxygen atoms in total. The Hall–Kier alpha value is -3.58. The summed E-state index contributed by atoms with van der Waals surface area (Å²) in [6.07, 6.45) is 0.626. The second-order valence-corrected chi connectivity index (χ2v) is 7.86. The predicted octanol–water partition coefficient (Wildman–Crippen LogP) is 4.40. The summed E-state index contributed by atoms with van der Waals surface area (Å²) in [6.45, 7) is 0.506. The van der Waals surface area contributed by atoms with Crippen LogP contribution >= 0.6 is 12.2 Å². The number of halogens is 1. The number of amides is 2. The predicted molar refractivity (Wildman–Crippen MR) is 127 cm³/mol. The van der Waals surface area contributed by atoms with Gasteiger partial charge in [0.1, 0.15) is 11.9 Å². The van der Waals surface area contributed by atoms with E-state index in [2.05, 4.69) is 5.32 Å². The van der Waals surface area contributed by atoms with Gasteiger partial charge in [-0.15, -0.1) is 0 Å². The Kier molecular flexibility index (Phi) is 6.56. The van der Waals surface area contributed by atoms with E-state index in [9.17, 15) is 14.0 Å². The third-order valence-corrected chi connectivity index (χ3v) is 5.74. The van der Waals surface area contributed by atoms with E-state index in [1.54, 1.807) is 0 Å². The molecule has 0 aromatic heterocycles. The van der Waals surface area contributed by atoms with Gasteiger partial charge in [-0.2, -0.15) is 0 Å². The number of benzene rings is 3. The second kappa shape index (κ2) is 9.70. The number of rotatable bonds is 7. The first-order valence-electron chi connectivity index (χ1n) is 10.3. The molecule has 0 spiro atoms. The van der Waals surface area contributed by atoms with Crippen molar-refractivity contribution in [1.82, 2.24) is 4.90 Å². The SMILES string of the molecule is O=C(CC1C(=O)N(c2ccccc2)C(=S)N1CCc1ccccc1)Nc1ccc(F)cc1. The highest BCUT2D eigenvalue weighted by Crippen LogP contribution is 2.27. The molecule has 0 aliphatic carbocycles. The maximum atomic E-state index is 13.3. The smallest absolute Gasteiger partial charge is 0.256 e. The van der Waals surface area contributed by atoms with Gasteiger partial charge in [0.2, 0.25) is 5.91 Å². The minimum absolute atomic E-state index is 0.0610. The Morgan fingerprint density at radius 3 is 2.22 bits per heavy atom. The van der Waals surface area contributed by atoms with Crippen LogP contribution in [0.4, 0.5) is 15.8 Å². The molecule has 1 heterocycles. The van der Waals surface area contributed by atoms with Crippen molar-refractivity contribution in [2.45, 2.75) is 18.9 Å². The lowest BCUT2D eigenvalue weighted by Crippen LogP contribution is -2.39. The molecular weight excluding hydrogens is 425 g/mol. The van der Waals surface area contributed by atoms with Gasteiger partial charge in [0.05, 0.1) is 12.1 Å². The normalized spacial score (nSPS) is 15.8. The number of carbonyl (C=O) groups excluding carboxylic acids is 2. The van der Waals surface area contributed by atoms with Gasteiger partial charge in [-0.3, -0.25) is 14.5 Å². The molecule has 0 saturated carbocycles. The number of hydrogen-bond acceptors (Lipinski definition) is 3. The number of thiocarbonyl (C=S) groups is 1. The summed E-state index contributed by atoms with van der Waals surface area (Å²) in [4.78, 5) is 29.4. The van der Waals surface area contributed by atoms with Crippen LogP contribution in [0.25, 0.3) is 0 Å². The van der Waals surface area contributed by atoms with Crippen molar-refractivity contribution < 1.29 is 14.0 Å². The Morgan fingerprint density at radius 2 is 1.56 bits per heavy atom. The van der Waals surface area contributed by atoms with E-state index in [1.165, 1.54) is 29.2 Å². The van der Waals surface area contributed by atoms with Crippen molar-refractivity contribution in [2.75, 3.05) is 16.8 Å². The van der Waals surface area contributed by atoms with Crippen LogP contribution in [0.3, 0.4) is 0 Å². The third-order valence-electron chi connectivity index (χ3n) is 5.32. The highest BCUT2D eigenvalue weighted by atomic mass is 32.1. The van der Waals surface area contributed by atoms with Gasteiger partial charge in [0.25, 0.3) is 5.91 Å². The molecule has 0 bridgehead atoms. The molecule has 32 heavy (non-hydrogen) atoms. The standard InChI is InChI=1S/C25H22FN3O2S/c26-19-11-13-20(14-12-19)27-23(30)17-22-24(31)29(21-9-5-2-6-10-21)25(32)28(22)16-15-18-7-3-1-4-8-18/h1-14,22H,15-17H2,(H,27,30). The summed E-state index contributed by atoms with van der Waals surface area (Å²) in [7, 11) is 0. The van der Waals surface area contributed by atoms with Gasteiger partial charge in [0, 0.05) is 12.2 Å². The molecule has 3 aromatic carbocycles. The average molecular weight is 448 g/mol. The van der Waals surface area contributed by atoms with E-state index in [1.807, 2.05) is 65.6 Å². The molecule has 3 aromatic rings. The maximum absolute atomic E-state index is 13.3. The van der Waals surface area contributed by atoms with Gasteiger partial charge in [0.15, 0.2) is 5.11 Å². The number of carbonyl (C=O) groups is 2. The van der Waals surface area contributed by atoms with Gasteiger partial charge in [-0.1, -0.05) is 48.5 Å². The van der Waals surface area contributed by atoms with E-state index in [0.29, 0.717) is 29.5 Å². The molecule has 1 N–H and O–H groups in total. The zero-order valence-corrected chi connectivity index (χ0v) is 18.1. The van der Waals surface area contributed by atoms with Crippen molar-refractivity contribution in [1.29, 1.82) is 0 Å². The Bertz CT molecular complexity index is 1110. The zero-order chi connectivity index (χ0) is 22.5. The minimum Gasteiger partial charge on any atom is -0.336 e. The summed E-state index contributed by atoms with van der Waals surface area (Å²) < 4.78 is 13.1. The highest BCUT2D eigenvalue weighted by molar-refractivity contribution is 7.80. The fourth-order valence-electron chi connectivity index (χ4n) is 3.72. The third kappa shape index (κ3) is 4.84. The van der Waals surface area contributed by atoms with Crippen LogP contribution in [0.15, 0.2) is 84.9 Å². The molecular formula is C25H22FN3O2S. The first-order chi connectivity index (χ1) is 15.5. The molecule has 1 unspecified atom stereocenters. The van der Waals surface area contributed by atoms with E-state index >= 15 is 0 Å². The number of anilines is 2. The van der Waals surface area contributed by atoms with Crippen LogP contribution in [0, 0.1) is 5.82 Å². The topological polar surface area (TPSA) is 52.7 Å². The number of nitrogens with zero attached hydrogens (tertiary/aromatic N) is 2. The minimum atomic E-state index is -0.716. The summed E-state index contributed by atoms with van der Waals surface area (Å²) in [5.41, 5.74) is 2.27. The average Bonchev–Trinajstić information content (AvgIpc) is 3.04. The Morgan fingerprint density at radius 1 is 0.938 bits per heavy atom. The van der Waals surface area contributed by atoms with Crippen LogP contribution in [0.2, 0.25) is 0 Å². The summed E-state index contributed by atoms with van der Waals surface area (Å²) >= 11 is 5.67. The molecule has 1 saturated heterocycles. The molecule has 1 fully saturated rings. The Labute approximate surface area is 191 Å². The van der Waals surface area contributed by atoms with E-state index in [4.69, 9.17) is 12.2 Å². The highest BCUT2D eigenvalue weighted by Gasteiger charge is 2.43. The lowest BCUT2D eigenvalue weighted by Gasteiger charge is -2.24. The first kappa shape index (κ1) is 21.6. The summed E-state index contributed by atoms with van der Waals surface area (Å²) in [5, 5.41) is 3.12. The molecule has 0 radical (unpaired) electrons. The summed E-state index contributed by atoms with van der Waals surface area (Å²) in [5.74, 6) is -0.953. The largest absolute Gasteiger partial charge is 0.336 e. The molecule has 1 aliphatic rings. The molecule has 7 heteroatoms. The van der Waals surface area contributed by atoms with Gasteiger partial charge < -0.3 is 10.2 Å². The monoisotopic (exact) mass is 447 g/mol. The lowest BCUT2D eigenvalue weighted by atomic mass is 10.1. The van der Waals surface area contributed by atoms with Gasteiger partial charge in [-0.05, 0) is 60.6 Å². The van der Waals surface area contributed by atoms with Crippen molar-refractivity contribution in [3.05, 3.63) is 96.3 Å². The van der Waals surface area contributed by atoms with Crippen molar-refractivity contribution in [3.8, 4) is 0 Å². The van der Waals surface area contributed by atoms with Gasteiger partial charge in [-0.25, -0.2) is 4.39 Å². The molecule has 1 aliphatic heterocycles. The van der Waals surface area contributed by atoms with Crippen molar-refractivity contribution in [2.24, 2.45) is 0 Å². The fraction of sp³-hybridized carbons (Fsp3) is 0.160. The quantitative estimate of drug-likeness (QED) is 0.546. The zero-order valence-electron chi connectivity index (χ0n) is 17.3. The number of para-hydroxylation sites is 1. The fourth-order valence-corrected chi connectivity index (χ4v) is 4.13. The van der Waals surface area contributed by atoms with Crippen LogP contribution in [0.1, 0.15) is 12.0 Å². The van der Waals surface area contributed by atoms with Crippen molar-refractivity contribution in [3.63, 3.8) is 0 Å². The van der Waals surface area contributed by atoms with Crippen LogP contribution < -0.4 is 10.2 Å². The van der Waals surface area contributed by atoms with Crippen LogP contribution in [-0.2, 0) is 16.0 Å². The summed E-state index contributed by atoms with van der Waals surface area (Å²) in [6, 6.07) is 23.9. The number of hydrogen-bond donors (Lipinski definition) is 1. The van der Waals surface area contributed by atoms with Crippen LogP contribution in [-0.4, -0.2) is 34.4 Å².